The highest BCUT2D eigenvalue weighted by Gasteiger charge is 2.23. The van der Waals surface area contributed by atoms with Gasteiger partial charge in [-0.2, -0.15) is 0 Å². The van der Waals surface area contributed by atoms with Crippen molar-refractivity contribution in [1.82, 2.24) is 9.80 Å². The molecule has 0 spiro atoms. The monoisotopic (exact) mass is 290 g/mol. The van der Waals surface area contributed by atoms with Gasteiger partial charge in [0.15, 0.2) is 0 Å². The third kappa shape index (κ3) is 5.38. The molecule has 1 saturated heterocycles. The van der Waals surface area contributed by atoms with Gasteiger partial charge in [-0.3, -0.25) is 4.79 Å². The quantitative estimate of drug-likeness (QED) is 0.722. The number of hydrogen-bond donors (Lipinski definition) is 0. The van der Waals surface area contributed by atoms with Crippen molar-refractivity contribution in [2.24, 2.45) is 5.92 Å². The molecular weight excluding hydrogens is 264 g/mol. The third-order valence-corrected chi connectivity index (χ3v) is 3.99. The van der Waals surface area contributed by atoms with Crippen LogP contribution in [0.15, 0.2) is 30.3 Å². The predicted octanol–water partition coefficient (Wildman–Crippen LogP) is 2.26. The van der Waals surface area contributed by atoms with Crippen LogP contribution in [0.4, 0.5) is 0 Å². The van der Waals surface area contributed by atoms with Crippen LogP contribution in [0.2, 0.25) is 0 Å². The zero-order valence-electron chi connectivity index (χ0n) is 13.1. The standard InChI is InChI=1S/C17H26N2O2/c1-18(13-15-9-10-17(20)19(2)14-15)11-6-12-21-16-7-4-3-5-8-16/h3-5,7-8,15H,6,9-14H2,1-2H3. The van der Waals surface area contributed by atoms with Crippen molar-refractivity contribution < 1.29 is 9.53 Å². The van der Waals surface area contributed by atoms with E-state index in [1.54, 1.807) is 0 Å². The summed E-state index contributed by atoms with van der Waals surface area (Å²) in [5.74, 6) is 1.82. The Kier molecular flexibility index (Phi) is 6.05. The molecule has 0 aliphatic carbocycles. The Morgan fingerprint density at radius 3 is 2.81 bits per heavy atom. The van der Waals surface area contributed by atoms with E-state index in [0.29, 0.717) is 12.3 Å². The Morgan fingerprint density at radius 1 is 1.33 bits per heavy atom. The Bertz CT molecular complexity index is 436. The maximum atomic E-state index is 11.5. The summed E-state index contributed by atoms with van der Waals surface area (Å²) in [5, 5.41) is 0. The summed E-state index contributed by atoms with van der Waals surface area (Å²) in [6.45, 7) is 3.73. The van der Waals surface area contributed by atoms with Gasteiger partial charge in [-0.25, -0.2) is 0 Å². The van der Waals surface area contributed by atoms with E-state index in [-0.39, 0.29) is 5.91 Å². The van der Waals surface area contributed by atoms with Crippen LogP contribution in [-0.2, 0) is 4.79 Å². The fourth-order valence-electron chi connectivity index (χ4n) is 2.82. The number of carbonyl (C=O) groups is 1. The Balaban J connectivity index is 1.59. The van der Waals surface area contributed by atoms with Crippen molar-refractivity contribution in [1.29, 1.82) is 0 Å². The third-order valence-electron chi connectivity index (χ3n) is 3.99. The summed E-state index contributed by atoms with van der Waals surface area (Å²) in [4.78, 5) is 15.7. The maximum Gasteiger partial charge on any atom is 0.222 e. The first-order valence-electron chi connectivity index (χ1n) is 7.75. The van der Waals surface area contributed by atoms with Crippen LogP contribution < -0.4 is 4.74 Å². The Morgan fingerprint density at radius 2 is 2.10 bits per heavy atom. The summed E-state index contributed by atoms with van der Waals surface area (Å²) in [6.07, 6.45) is 2.74. The van der Waals surface area contributed by atoms with E-state index in [0.717, 1.165) is 44.8 Å². The van der Waals surface area contributed by atoms with E-state index in [9.17, 15) is 4.79 Å². The second-order valence-corrected chi connectivity index (χ2v) is 5.96. The molecule has 1 aromatic carbocycles. The van der Waals surface area contributed by atoms with Gasteiger partial charge in [-0.05, 0) is 37.9 Å². The zero-order chi connectivity index (χ0) is 15.1. The van der Waals surface area contributed by atoms with Crippen molar-refractivity contribution >= 4 is 5.91 Å². The highest BCUT2D eigenvalue weighted by molar-refractivity contribution is 5.76. The molecule has 1 unspecified atom stereocenters. The van der Waals surface area contributed by atoms with Crippen LogP contribution in [-0.4, -0.2) is 56.0 Å². The van der Waals surface area contributed by atoms with Gasteiger partial charge in [0.05, 0.1) is 6.61 Å². The van der Waals surface area contributed by atoms with Crippen LogP contribution in [0, 0.1) is 5.92 Å². The van der Waals surface area contributed by atoms with E-state index in [1.807, 2.05) is 42.3 Å². The SMILES string of the molecule is CN(CCCOc1ccccc1)CC1CCC(=O)N(C)C1. The lowest BCUT2D eigenvalue weighted by Crippen LogP contribution is -2.41. The molecule has 21 heavy (non-hydrogen) atoms. The molecule has 1 heterocycles. The molecule has 0 saturated carbocycles. The number of carbonyl (C=O) groups excluding carboxylic acids is 1. The van der Waals surface area contributed by atoms with Crippen LogP contribution in [0.3, 0.4) is 0 Å². The van der Waals surface area contributed by atoms with Crippen molar-refractivity contribution in [3.05, 3.63) is 30.3 Å². The number of para-hydroxylation sites is 1. The molecule has 1 fully saturated rings. The second kappa shape index (κ2) is 8.03. The summed E-state index contributed by atoms with van der Waals surface area (Å²) in [6, 6.07) is 9.94. The fourth-order valence-corrected chi connectivity index (χ4v) is 2.82. The van der Waals surface area contributed by atoms with Gasteiger partial charge in [-0.15, -0.1) is 0 Å². The van der Waals surface area contributed by atoms with E-state index in [4.69, 9.17) is 4.74 Å². The molecular formula is C17H26N2O2. The first-order chi connectivity index (χ1) is 10.1. The molecule has 0 N–H and O–H groups in total. The fraction of sp³-hybridized carbons (Fsp3) is 0.588. The number of benzene rings is 1. The van der Waals surface area contributed by atoms with Gasteiger partial charge in [0.25, 0.3) is 0 Å². The molecule has 4 nitrogen and oxygen atoms in total. The minimum Gasteiger partial charge on any atom is -0.494 e. The van der Waals surface area contributed by atoms with E-state index in [1.165, 1.54) is 0 Å². The molecule has 116 valence electrons. The number of piperidine rings is 1. The van der Waals surface area contributed by atoms with Crippen LogP contribution in [0.1, 0.15) is 19.3 Å². The number of nitrogens with zero attached hydrogens (tertiary/aromatic N) is 2. The molecule has 0 aromatic heterocycles. The maximum absolute atomic E-state index is 11.5. The molecule has 2 rings (SSSR count). The van der Waals surface area contributed by atoms with Crippen molar-refractivity contribution in [3.8, 4) is 5.75 Å². The number of hydrogen-bond acceptors (Lipinski definition) is 3. The van der Waals surface area contributed by atoms with E-state index < -0.39 is 0 Å². The molecule has 1 aliphatic heterocycles. The highest BCUT2D eigenvalue weighted by atomic mass is 16.5. The lowest BCUT2D eigenvalue weighted by atomic mass is 9.97. The zero-order valence-corrected chi connectivity index (χ0v) is 13.1. The lowest BCUT2D eigenvalue weighted by molar-refractivity contribution is -0.133. The molecule has 1 aliphatic rings. The first-order valence-corrected chi connectivity index (χ1v) is 7.75. The summed E-state index contributed by atoms with van der Waals surface area (Å²) < 4.78 is 5.70. The minimum atomic E-state index is 0.283. The Labute approximate surface area is 127 Å². The number of amides is 1. The first kappa shape index (κ1) is 15.8. The normalized spacial score (nSPS) is 19.1. The van der Waals surface area contributed by atoms with Gasteiger partial charge in [-0.1, -0.05) is 18.2 Å². The van der Waals surface area contributed by atoms with E-state index in [2.05, 4.69) is 11.9 Å². The summed E-state index contributed by atoms with van der Waals surface area (Å²) in [5.41, 5.74) is 0. The topological polar surface area (TPSA) is 32.8 Å². The number of rotatable bonds is 7. The van der Waals surface area contributed by atoms with Gasteiger partial charge < -0.3 is 14.5 Å². The molecule has 1 aromatic rings. The smallest absolute Gasteiger partial charge is 0.222 e. The van der Waals surface area contributed by atoms with Crippen molar-refractivity contribution in [2.45, 2.75) is 19.3 Å². The average Bonchev–Trinajstić information content (AvgIpc) is 2.49. The average molecular weight is 290 g/mol. The van der Waals surface area contributed by atoms with Gasteiger partial charge in [0.1, 0.15) is 5.75 Å². The predicted molar refractivity (Wildman–Crippen MR) is 84.4 cm³/mol. The lowest BCUT2D eigenvalue weighted by Gasteiger charge is -2.32. The molecule has 0 radical (unpaired) electrons. The second-order valence-electron chi connectivity index (χ2n) is 5.96. The summed E-state index contributed by atoms with van der Waals surface area (Å²) >= 11 is 0. The van der Waals surface area contributed by atoms with Gasteiger partial charge in [0.2, 0.25) is 5.91 Å². The highest BCUT2D eigenvalue weighted by Crippen LogP contribution is 2.17. The van der Waals surface area contributed by atoms with Crippen LogP contribution in [0.25, 0.3) is 0 Å². The van der Waals surface area contributed by atoms with E-state index >= 15 is 0 Å². The Hall–Kier alpha value is -1.55. The van der Waals surface area contributed by atoms with Crippen LogP contribution >= 0.6 is 0 Å². The van der Waals surface area contributed by atoms with Gasteiger partial charge >= 0.3 is 0 Å². The van der Waals surface area contributed by atoms with Gasteiger partial charge in [0, 0.05) is 33.1 Å². The molecule has 4 heteroatoms. The summed E-state index contributed by atoms with van der Waals surface area (Å²) in [7, 11) is 4.06. The number of ether oxygens (including phenoxy) is 1. The van der Waals surface area contributed by atoms with Crippen molar-refractivity contribution in [3.63, 3.8) is 0 Å². The van der Waals surface area contributed by atoms with Crippen LogP contribution in [0.5, 0.6) is 5.75 Å². The molecule has 1 atom stereocenters. The molecule has 1 amide bonds. The minimum absolute atomic E-state index is 0.283. The van der Waals surface area contributed by atoms with Crippen molar-refractivity contribution in [2.75, 3.05) is 40.3 Å². The largest absolute Gasteiger partial charge is 0.494 e. The molecule has 0 bridgehead atoms. The number of likely N-dealkylation sites (tertiary alicyclic amines) is 1.